The molecule has 1 saturated heterocycles. The zero-order valence-electron chi connectivity index (χ0n) is 14.4. The van der Waals surface area contributed by atoms with Crippen LogP contribution in [0, 0.1) is 0 Å². The predicted octanol–water partition coefficient (Wildman–Crippen LogP) is 3.43. The minimum absolute atomic E-state index is 0.0445. The van der Waals surface area contributed by atoms with Crippen molar-refractivity contribution in [3.05, 3.63) is 52.5 Å². The van der Waals surface area contributed by atoms with E-state index in [4.69, 9.17) is 9.47 Å². The molecular formula is C19H21BrN2O3. The van der Waals surface area contributed by atoms with Crippen molar-refractivity contribution in [2.75, 3.05) is 45.3 Å². The van der Waals surface area contributed by atoms with Crippen LogP contribution < -0.4 is 14.4 Å². The molecule has 0 radical (unpaired) electrons. The van der Waals surface area contributed by atoms with Gasteiger partial charge >= 0.3 is 0 Å². The second-order valence-electron chi connectivity index (χ2n) is 5.80. The maximum absolute atomic E-state index is 12.7. The van der Waals surface area contributed by atoms with Crippen LogP contribution in [0.3, 0.4) is 0 Å². The fraction of sp³-hybridized carbons (Fsp3) is 0.316. The van der Waals surface area contributed by atoms with Crippen LogP contribution in [0.5, 0.6) is 11.5 Å². The largest absolute Gasteiger partial charge is 0.496 e. The fourth-order valence-corrected chi connectivity index (χ4v) is 3.56. The highest BCUT2D eigenvalue weighted by atomic mass is 79.9. The van der Waals surface area contributed by atoms with Crippen LogP contribution in [-0.4, -0.2) is 51.2 Å². The summed E-state index contributed by atoms with van der Waals surface area (Å²) in [6.07, 6.45) is 0. The Balaban J connectivity index is 1.67. The van der Waals surface area contributed by atoms with E-state index >= 15 is 0 Å². The Hall–Kier alpha value is -2.21. The molecular weight excluding hydrogens is 384 g/mol. The smallest absolute Gasteiger partial charge is 0.254 e. The highest BCUT2D eigenvalue weighted by molar-refractivity contribution is 9.10. The number of hydrogen-bond donors (Lipinski definition) is 0. The maximum atomic E-state index is 12.7. The van der Waals surface area contributed by atoms with Gasteiger partial charge in [0.1, 0.15) is 11.5 Å². The van der Waals surface area contributed by atoms with Gasteiger partial charge in [-0.25, -0.2) is 0 Å². The summed E-state index contributed by atoms with van der Waals surface area (Å²) < 4.78 is 11.4. The number of carbonyl (C=O) groups excluding carboxylic acids is 1. The van der Waals surface area contributed by atoms with Crippen molar-refractivity contribution in [3.63, 3.8) is 0 Å². The standard InChI is InChI=1S/C19H21BrN2O3/c1-24-17-8-7-14(13-15(17)20)19(23)22-11-9-21(10-12-22)16-5-3-4-6-18(16)25-2/h3-8,13H,9-12H2,1-2H3. The molecule has 6 heteroatoms. The van der Waals surface area contributed by atoms with Gasteiger partial charge < -0.3 is 19.3 Å². The van der Waals surface area contributed by atoms with Gasteiger partial charge in [0.05, 0.1) is 24.4 Å². The molecule has 2 aromatic carbocycles. The molecule has 1 amide bonds. The Morgan fingerprint density at radius 3 is 2.28 bits per heavy atom. The van der Waals surface area contributed by atoms with Gasteiger partial charge in [0, 0.05) is 31.7 Å². The van der Waals surface area contributed by atoms with Crippen LogP contribution in [-0.2, 0) is 0 Å². The Labute approximate surface area is 156 Å². The molecule has 0 aliphatic carbocycles. The van der Waals surface area contributed by atoms with Gasteiger partial charge in [-0.2, -0.15) is 0 Å². The maximum Gasteiger partial charge on any atom is 0.254 e. The van der Waals surface area contributed by atoms with Crippen molar-refractivity contribution in [1.82, 2.24) is 4.90 Å². The lowest BCUT2D eigenvalue weighted by atomic mass is 10.1. The van der Waals surface area contributed by atoms with Crippen molar-refractivity contribution in [3.8, 4) is 11.5 Å². The molecule has 0 spiro atoms. The first-order valence-corrected chi connectivity index (χ1v) is 8.94. The van der Waals surface area contributed by atoms with Crippen LogP contribution in [0.4, 0.5) is 5.69 Å². The quantitative estimate of drug-likeness (QED) is 0.782. The first-order valence-electron chi connectivity index (χ1n) is 8.15. The molecule has 132 valence electrons. The summed E-state index contributed by atoms with van der Waals surface area (Å²) >= 11 is 3.44. The molecule has 0 atom stereocenters. The van der Waals surface area contributed by atoms with E-state index in [0.29, 0.717) is 18.7 Å². The Kier molecular flexibility index (Phi) is 5.48. The SMILES string of the molecule is COc1ccc(C(=O)N2CCN(c3ccccc3OC)CC2)cc1Br. The van der Waals surface area contributed by atoms with Gasteiger partial charge in [0.2, 0.25) is 0 Å². The van der Waals surface area contributed by atoms with Crippen LogP contribution in [0.1, 0.15) is 10.4 Å². The number of nitrogens with zero attached hydrogens (tertiary/aromatic N) is 2. The number of benzene rings is 2. The van der Waals surface area contributed by atoms with Gasteiger partial charge in [-0.15, -0.1) is 0 Å². The van der Waals surface area contributed by atoms with E-state index in [-0.39, 0.29) is 5.91 Å². The van der Waals surface area contributed by atoms with Gasteiger partial charge in [-0.05, 0) is 46.3 Å². The second-order valence-corrected chi connectivity index (χ2v) is 6.65. The lowest BCUT2D eigenvalue weighted by Crippen LogP contribution is -2.48. The number of anilines is 1. The van der Waals surface area contributed by atoms with E-state index in [1.807, 2.05) is 35.2 Å². The highest BCUT2D eigenvalue weighted by Gasteiger charge is 2.24. The average Bonchev–Trinajstić information content (AvgIpc) is 2.67. The van der Waals surface area contributed by atoms with Crippen molar-refractivity contribution in [2.24, 2.45) is 0 Å². The summed E-state index contributed by atoms with van der Waals surface area (Å²) in [5.74, 6) is 1.63. The summed E-state index contributed by atoms with van der Waals surface area (Å²) in [5.41, 5.74) is 1.74. The molecule has 1 fully saturated rings. The van der Waals surface area contributed by atoms with Crippen LogP contribution in [0.25, 0.3) is 0 Å². The number of carbonyl (C=O) groups is 1. The van der Waals surface area contributed by atoms with Crippen LogP contribution in [0.15, 0.2) is 46.9 Å². The summed E-state index contributed by atoms with van der Waals surface area (Å²) in [6, 6.07) is 13.4. The Morgan fingerprint density at radius 1 is 0.960 bits per heavy atom. The topological polar surface area (TPSA) is 42.0 Å². The Morgan fingerprint density at radius 2 is 1.64 bits per heavy atom. The molecule has 3 rings (SSSR count). The number of methoxy groups -OCH3 is 2. The molecule has 1 aliphatic rings. The molecule has 25 heavy (non-hydrogen) atoms. The van der Waals surface area contributed by atoms with E-state index in [1.165, 1.54) is 0 Å². The van der Waals surface area contributed by atoms with Gasteiger partial charge in [0.25, 0.3) is 5.91 Å². The summed E-state index contributed by atoms with van der Waals surface area (Å²) in [7, 11) is 3.29. The van der Waals surface area contributed by atoms with E-state index < -0.39 is 0 Å². The number of halogens is 1. The fourth-order valence-electron chi connectivity index (χ4n) is 3.02. The molecule has 2 aromatic rings. The first kappa shape index (κ1) is 17.6. The van der Waals surface area contributed by atoms with Gasteiger partial charge in [0.15, 0.2) is 0 Å². The van der Waals surface area contributed by atoms with Gasteiger partial charge in [-0.3, -0.25) is 4.79 Å². The third-order valence-electron chi connectivity index (χ3n) is 4.39. The van der Waals surface area contributed by atoms with E-state index in [9.17, 15) is 4.79 Å². The minimum atomic E-state index is 0.0445. The summed E-state index contributed by atoms with van der Waals surface area (Å²) in [6.45, 7) is 2.92. The second kappa shape index (κ2) is 7.78. The normalized spacial score (nSPS) is 14.4. The number of para-hydroxylation sites is 2. The number of amides is 1. The minimum Gasteiger partial charge on any atom is -0.496 e. The first-order chi connectivity index (χ1) is 12.1. The molecule has 0 N–H and O–H groups in total. The monoisotopic (exact) mass is 404 g/mol. The van der Waals surface area contributed by atoms with E-state index in [0.717, 1.165) is 34.7 Å². The summed E-state index contributed by atoms with van der Waals surface area (Å²) in [5, 5.41) is 0. The Bertz CT molecular complexity index is 758. The van der Waals surface area contributed by atoms with Crippen molar-refractivity contribution in [1.29, 1.82) is 0 Å². The van der Waals surface area contributed by atoms with Crippen molar-refractivity contribution in [2.45, 2.75) is 0 Å². The summed E-state index contributed by atoms with van der Waals surface area (Å²) in [4.78, 5) is 16.9. The molecule has 1 heterocycles. The molecule has 0 bridgehead atoms. The number of hydrogen-bond acceptors (Lipinski definition) is 4. The van der Waals surface area contributed by atoms with Crippen LogP contribution in [0.2, 0.25) is 0 Å². The number of ether oxygens (including phenoxy) is 2. The van der Waals surface area contributed by atoms with Crippen LogP contribution >= 0.6 is 15.9 Å². The number of piperazine rings is 1. The molecule has 0 aromatic heterocycles. The highest BCUT2D eigenvalue weighted by Crippen LogP contribution is 2.29. The van der Waals surface area contributed by atoms with E-state index in [1.54, 1.807) is 20.3 Å². The average molecular weight is 405 g/mol. The number of rotatable bonds is 4. The third-order valence-corrected chi connectivity index (χ3v) is 5.01. The molecule has 0 saturated carbocycles. The molecule has 1 aliphatic heterocycles. The lowest BCUT2D eigenvalue weighted by molar-refractivity contribution is 0.0746. The van der Waals surface area contributed by atoms with Crippen molar-refractivity contribution >= 4 is 27.5 Å². The predicted molar refractivity (Wildman–Crippen MR) is 102 cm³/mol. The van der Waals surface area contributed by atoms with Crippen molar-refractivity contribution < 1.29 is 14.3 Å². The lowest BCUT2D eigenvalue weighted by Gasteiger charge is -2.36. The third kappa shape index (κ3) is 3.74. The van der Waals surface area contributed by atoms with E-state index in [2.05, 4.69) is 26.9 Å². The van der Waals surface area contributed by atoms with Gasteiger partial charge in [-0.1, -0.05) is 12.1 Å². The zero-order valence-corrected chi connectivity index (χ0v) is 16.0. The molecule has 0 unspecified atom stereocenters. The zero-order chi connectivity index (χ0) is 17.8. The molecule has 5 nitrogen and oxygen atoms in total.